The molecule has 0 aliphatic heterocycles. The van der Waals surface area contributed by atoms with E-state index in [1.165, 1.54) is 10.8 Å². The molecule has 0 fully saturated rings. The van der Waals surface area contributed by atoms with Gasteiger partial charge in [0.2, 0.25) is 11.9 Å². The minimum absolute atomic E-state index is 0.528. The number of rotatable bonds is 6. The average Bonchev–Trinajstić information content (AvgIpc) is 4.11. The summed E-state index contributed by atoms with van der Waals surface area (Å²) in [5.74, 6) is 1.63. The lowest BCUT2D eigenvalue weighted by Crippen LogP contribution is -2.12. The van der Waals surface area contributed by atoms with Gasteiger partial charge in [-0.2, -0.15) is 15.0 Å². The molecular formula is C64H41N7. The normalized spacial score (nSPS) is 12.6. The molecular weight excluding hydrogens is 867 g/mol. The topological polar surface area (TPSA) is 58.4 Å². The maximum atomic E-state index is 5.75. The first kappa shape index (κ1) is 39.4. The summed E-state index contributed by atoms with van der Waals surface area (Å²) >= 11 is 0. The van der Waals surface area contributed by atoms with Gasteiger partial charge in [0.05, 0.1) is 44.3 Å². The summed E-state index contributed by atoms with van der Waals surface area (Å²) in [5, 5.41) is 8.03. The van der Waals surface area contributed by atoms with Crippen LogP contribution in [0.5, 0.6) is 0 Å². The van der Waals surface area contributed by atoms with E-state index in [1.54, 1.807) is 0 Å². The van der Waals surface area contributed by atoms with Crippen molar-refractivity contribution in [2.75, 3.05) is 0 Å². The van der Waals surface area contributed by atoms with Crippen LogP contribution in [0.3, 0.4) is 0 Å². The van der Waals surface area contributed by atoms with Crippen molar-refractivity contribution >= 4 is 88.5 Å². The SMILES string of the molecule is C1=Cc2c(n(-c3nc(-c4ccc(-c5ccccc5)cc4)nc(-n4c5ccccc5c5ccc6c7ccccc7n(-c7ccccc7)c6c54)n3)c3c2ccc2c4ccccc4n(-c4ccccc4)c23)C=CC1. The Balaban J connectivity index is 1.11. The van der Waals surface area contributed by atoms with Crippen LogP contribution < -0.4 is 0 Å². The van der Waals surface area contributed by atoms with E-state index in [4.69, 9.17) is 15.0 Å². The Kier molecular flexibility index (Phi) is 8.59. The second-order valence-electron chi connectivity index (χ2n) is 18.3. The summed E-state index contributed by atoms with van der Waals surface area (Å²) in [6.07, 6.45) is 9.82. The minimum atomic E-state index is 0.528. The largest absolute Gasteiger partial charge is 0.307 e. The van der Waals surface area contributed by atoms with E-state index in [0.29, 0.717) is 17.7 Å². The summed E-state index contributed by atoms with van der Waals surface area (Å²) in [6.45, 7) is 0. The van der Waals surface area contributed by atoms with Gasteiger partial charge in [0.1, 0.15) is 0 Å². The van der Waals surface area contributed by atoms with Crippen molar-refractivity contribution in [3.05, 3.63) is 236 Å². The molecule has 71 heavy (non-hydrogen) atoms. The molecule has 0 atom stereocenters. The summed E-state index contributed by atoms with van der Waals surface area (Å²) < 4.78 is 9.40. The van der Waals surface area contributed by atoms with Crippen molar-refractivity contribution in [2.45, 2.75) is 6.42 Å². The number of nitrogens with zero attached hydrogens (tertiary/aromatic N) is 7. The van der Waals surface area contributed by atoms with Crippen molar-refractivity contribution in [1.29, 1.82) is 0 Å². The summed E-state index contributed by atoms with van der Waals surface area (Å²) in [6, 6.07) is 75.7. The maximum absolute atomic E-state index is 5.75. The van der Waals surface area contributed by atoms with Crippen LogP contribution in [0, 0.1) is 0 Å². The third kappa shape index (κ3) is 5.87. The number of para-hydroxylation sites is 5. The van der Waals surface area contributed by atoms with Gasteiger partial charge in [-0.25, -0.2) is 0 Å². The first-order chi connectivity index (χ1) is 35.3. The van der Waals surface area contributed by atoms with Gasteiger partial charge in [-0.1, -0.05) is 188 Å². The molecule has 1 aliphatic rings. The average molecular weight is 908 g/mol. The van der Waals surface area contributed by atoms with Crippen LogP contribution in [0.1, 0.15) is 17.7 Å². The van der Waals surface area contributed by atoms with Crippen molar-refractivity contribution in [3.63, 3.8) is 0 Å². The van der Waals surface area contributed by atoms with Crippen molar-refractivity contribution < 1.29 is 0 Å². The molecule has 5 aromatic heterocycles. The van der Waals surface area contributed by atoms with Gasteiger partial charge in [0.15, 0.2) is 5.82 Å². The lowest BCUT2D eigenvalue weighted by atomic mass is 10.0. The van der Waals surface area contributed by atoms with Gasteiger partial charge in [0, 0.05) is 60.2 Å². The highest BCUT2D eigenvalue weighted by Crippen LogP contribution is 2.44. The maximum Gasteiger partial charge on any atom is 0.240 e. The Morgan fingerprint density at radius 1 is 0.296 bits per heavy atom. The molecule has 0 N–H and O–H groups in total. The lowest BCUT2D eigenvalue weighted by molar-refractivity contribution is 0.877. The van der Waals surface area contributed by atoms with E-state index in [-0.39, 0.29) is 0 Å². The zero-order chi connectivity index (χ0) is 46.6. The lowest BCUT2D eigenvalue weighted by Gasteiger charge is -2.15. The molecule has 0 unspecified atom stereocenters. The van der Waals surface area contributed by atoms with E-state index in [0.717, 1.165) is 111 Å². The highest BCUT2D eigenvalue weighted by atomic mass is 15.3. The molecule has 0 amide bonds. The number of hydrogen-bond donors (Lipinski definition) is 0. The molecule has 0 radical (unpaired) electrons. The highest BCUT2D eigenvalue weighted by Gasteiger charge is 2.28. The number of benzene rings is 9. The molecule has 9 aromatic carbocycles. The summed E-state index contributed by atoms with van der Waals surface area (Å²) in [5.41, 5.74) is 15.0. The van der Waals surface area contributed by atoms with E-state index >= 15 is 0 Å². The molecule has 0 spiro atoms. The predicted molar refractivity (Wildman–Crippen MR) is 293 cm³/mol. The molecule has 5 heterocycles. The van der Waals surface area contributed by atoms with E-state index in [2.05, 4.69) is 255 Å². The van der Waals surface area contributed by atoms with E-state index in [9.17, 15) is 0 Å². The summed E-state index contributed by atoms with van der Waals surface area (Å²) in [4.78, 5) is 16.9. The molecule has 15 rings (SSSR count). The molecule has 1 aliphatic carbocycles. The van der Waals surface area contributed by atoms with Gasteiger partial charge in [-0.15, -0.1) is 0 Å². The molecule has 7 nitrogen and oxygen atoms in total. The molecule has 0 saturated carbocycles. The van der Waals surface area contributed by atoms with Gasteiger partial charge in [-0.3, -0.25) is 9.13 Å². The van der Waals surface area contributed by atoms with Gasteiger partial charge in [0.25, 0.3) is 0 Å². The van der Waals surface area contributed by atoms with E-state index < -0.39 is 0 Å². The van der Waals surface area contributed by atoms with Crippen LogP contribution in [0.25, 0.3) is 134 Å². The van der Waals surface area contributed by atoms with Gasteiger partial charge in [-0.05, 0) is 66.1 Å². The highest BCUT2D eigenvalue weighted by molar-refractivity contribution is 6.24. The zero-order valence-electron chi connectivity index (χ0n) is 38.4. The second-order valence-corrected chi connectivity index (χ2v) is 18.3. The van der Waals surface area contributed by atoms with Crippen molar-refractivity contribution in [3.8, 4) is 45.8 Å². The number of fused-ring (bicyclic) bond motifs is 14. The molecule has 14 aromatic rings. The molecule has 0 bridgehead atoms. The predicted octanol–water partition coefficient (Wildman–Crippen LogP) is 15.9. The number of hydrogen-bond acceptors (Lipinski definition) is 3. The first-order valence-electron chi connectivity index (χ1n) is 24.2. The van der Waals surface area contributed by atoms with Crippen LogP contribution in [0.2, 0.25) is 0 Å². The van der Waals surface area contributed by atoms with Gasteiger partial charge < -0.3 is 9.13 Å². The Morgan fingerprint density at radius 3 is 1.27 bits per heavy atom. The van der Waals surface area contributed by atoms with E-state index in [1.807, 2.05) is 0 Å². The first-order valence-corrected chi connectivity index (χ1v) is 24.2. The number of allylic oxidation sites excluding steroid dienone is 2. The minimum Gasteiger partial charge on any atom is -0.307 e. The van der Waals surface area contributed by atoms with Crippen LogP contribution in [0.15, 0.2) is 224 Å². The van der Waals surface area contributed by atoms with Crippen LogP contribution >= 0.6 is 0 Å². The summed E-state index contributed by atoms with van der Waals surface area (Å²) in [7, 11) is 0. The zero-order valence-corrected chi connectivity index (χ0v) is 38.4. The third-order valence-electron chi connectivity index (χ3n) is 14.4. The quantitative estimate of drug-likeness (QED) is 0.167. The Morgan fingerprint density at radius 2 is 0.704 bits per heavy atom. The van der Waals surface area contributed by atoms with Crippen molar-refractivity contribution in [2.24, 2.45) is 0 Å². The Bertz CT molecular complexity index is 4510. The van der Waals surface area contributed by atoms with Gasteiger partial charge >= 0.3 is 0 Å². The smallest absolute Gasteiger partial charge is 0.240 e. The standard InChI is InChI=1S/C64H41N7/c1-5-19-41(20-6-1)42-33-35-43(36-34-42)62-65-63(70-56-29-12-4-11-25-48(56)52-39-37-50-46-26-13-16-30-54(46)68(58(50)60(52)70)44-21-7-2-8-22-44)67-64(66-62)71-57-32-18-15-28-49(57)53-40-38-51-47-27-14-17-31-55(47)69(59(51)61(53)71)45-23-9-3-10-24-45/h1-3,5-40H,4H2. The van der Waals surface area contributed by atoms with Crippen LogP contribution in [0.4, 0.5) is 0 Å². The third-order valence-corrected chi connectivity index (χ3v) is 14.4. The Hall–Kier alpha value is -9.59. The monoisotopic (exact) mass is 907 g/mol. The fraction of sp³-hybridized carbons (Fsp3) is 0.0156. The van der Waals surface area contributed by atoms with Crippen LogP contribution in [-0.2, 0) is 0 Å². The number of aromatic nitrogens is 7. The van der Waals surface area contributed by atoms with Crippen molar-refractivity contribution in [1.82, 2.24) is 33.2 Å². The fourth-order valence-corrected chi connectivity index (χ4v) is 11.4. The second kappa shape index (κ2) is 15.5. The molecule has 0 saturated heterocycles. The Labute approximate surface area is 407 Å². The fourth-order valence-electron chi connectivity index (χ4n) is 11.4. The molecule has 7 heteroatoms. The van der Waals surface area contributed by atoms with Crippen LogP contribution in [-0.4, -0.2) is 33.2 Å². The molecule has 332 valence electrons.